The second kappa shape index (κ2) is 6.81. The van der Waals surface area contributed by atoms with Gasteiger partial charge in [-0.2, -0.15) is 0 Å². The molecule has 6 aromatic rings. The summed E-state index contributed by atoms with van der Waals surface area (Å²) in [5, 5.41) is 2.13. The summed E-state index contributed by atoms with van der Waals surface area (Å²) in [6, 6.07) is 22.6. The van der Waals surface area contributed by atoms with Crippen LogP contribution in [0.2, 0.25) is 0 Å². The van der Waals surface area contributed by atoms with Crippen LogP contribution in [0.25, 0.3) is 38.7 Å². The van der Waals surface area contributed by atoms with Gasteiger partial charge in [0.25, 0.3) is 0 Å². The number of rotatable bonds is 3. The molecule has 0 amide bonds. The Hall–Kier alpha value is -4.45. The summed E-state index contributed by atoms with van der Waals surface area (Å²) in [6.45, 7) is 0. The van der Waals surface area contributed by atoms with Crippen LogP contribution in [0.4, 0.5) is 0 Å². The lowest BCUT2D eigenvalue weighted by molar-refractivity contribution is 0.465. The Labute approximate surface area is 177 Å². The first-order valence-corrected chi connectivity index (χ1v) is 9.80. The molecule has 4 heterocycles. The van der Waals surface area contributed by atoms with Crippen LogP contribution in [0, 0.1) is 0 Å². The fraction of sp³-hybridized carbons (Fsp3) is 0. The molecule has 4 aromatic heterocycles. The second-order valence-corrected chi connectivity index (χ2v) is 7.14. The van der Waals surface area contributed by atoms with Crippen molar-refractivity contribution in [3.8, 4) is 17.4 Å². The van der Waals surface area contributed by atoms with Crippen LogP contribution in [-0.2, 0) is 0 Å². The lowest BCUT2D eigenvalue weighted by Gasteiger charge is -2.08. The van der Waals surface area contributed by atoms with Gasteiger partial charge in [-0.1, -0.05) is 24.2 Å². The third-order valence-corrected chi connectivity index (χ3v) is 5.26. The number of fused-ring (bicyclic) bond motifs is 4. The van der Waals surface area contributed by atoms with E-state index < -0.39 is 0 Å². The summed E-state index contributed by atoms with van der Waals surface area (Å²) >= 11 is 0. The predicted octanol–water partition coefficient (Wildman–Crippen LogP) is 5.21. The summed E-state index contributed by atoms with van der Waals surface area (Å²) < 4.78 is 16.1. The van der Waals surface area contributed by atoms with Gasteiger partial charge in [-0.3, -0.25) is 9.36 Å². The van der Waals surface area contributed by atoms with E-state index in [1.54, 1.807) is 36.7 Å². The number of hydrogen-bond acceptors (Lipinski definition) is 4. The van der Waals surface area contributed by atoms with E-state index in [1.165, 1.54) is 6.07 Å². The normalized spacial score (nSPS) is 11.8. The van der Waals surface area contributed by atoms with Crippen molar-refractivity contribution in [1.82, 2.24) is 19.5 Å². The largest absolute Gasteiger partial charge is 0.439 e. The molecule has 31 heavy (non-hydrogen) atoms. The van der Waals surface area contributed by atoms with Crippen molar-refractivity contribution in [2.75, 3.05) is 0 Å². The molecule has 0 unspecified atom stereocenters. The van der Waals surface area contributed by atoms with Crippen molar-refractivity contribution in [1.29, 1.82) is 0 Å². The van der Waals surface area contributed by atoms with Crippen molar-refractivity contribution in [3.63, 3.8) is 0 Å². The Balaban J connectivity index is 1.53. The van der Waals surface area contributed by atoms with Crippen LogP contribution in [0.1, 0.15) is 1.37 Å². The minimum atomic E-state index is -0.166. The molecular weight excluding hydrogens is 388 g/mol. The van der Waals surface area contributed by atoms with Crippen molar-refractivity contribution in [2.24, 2.45) is 0 Å². The highest BCUT2D eigenvalue weighted by molar-refractivity contribution is 6.09. The van der Waals surface area contributed by atoms with E-state index in [-0.39, 0.29) is 5.43 Å². The number of aromatic amines is 1. The van der Waals surface area contributed by atoms with Gasteiger partial charge in [-0.05, 0) is 36.4 Å². The molecule has 0 aliphatic carbocycles. The van der Waals surface area contributed by atoms with Crippen LogP contribution in [0.15, 0.2) is 96.0 Å². The predicted molar refractivity (Wildman–Crippen MR) is 121 cm³/mol. The van der Waals surface area contributed by atoms with Crippen LogP contribution >= 0.6 is 0 Å². The van der Waals surface area contributed by atoms with E-state index in [0.29, 0.717) is 34.5 Å². The molecule has 0 bridgehead atoms. The van der Waals surface area contributed by atoms with Crippen LogP contribution in [0.5, 0.6) is 11.6 Å². The molecule has 0 aliphatic rings. The maximum absolute atomic E-state index is 12.1. The van der Waals surface area contributed by atoms with E-state index >= 15 is 0 Å². The molecule has 6 rings (SSSR count). The van der Waals surface area contributed by atoms with Gasteiger partial charge in [0.2, 0.25) is 11.3 Å². The Kier molecular flexibility index (Phi) is 3.59. The summed E-state index contributed by atoms with van der Waals surface area (Å²) in [7, 11) is 0. The molecular formula is C25H16N4O2. The minimum absolute atomic E-state index is 0.166. The summed E-state index contributed by atoms with van der Waals surface area (Å²) in [4.78, 5) is 24.0. The van der Waals surface area contributed by atoms with Gasteiger partial charge in [-0.25, -0.2) is 9.97 Å². The van der Waals surface area contributed by atoms with E-state index in [1.807, 2.05) is 41.0 Å². The summed E-state index contributed by atoms with van der Waals surface area (Å²) in [5.74, 6) is 1.58. The molecule has 0 spiro atoms. The lowest BCUT2D eigenvalue weighted by atomic mass is 10.1. The van der Waals surface area contributed by atoms with Crippen molar-refractivity contribution in [2.45, 2.75) is 0 Å². The van der Waals surface area contributed by atoms with Crippen LogP contribution < -0.4 is 10.2 Å². The van der Waals surface area contributed by atoms with Crippen molar-refractivity contribution < 1.29 is 6.11 Å². The maximum Gasteiger partial charge on any atom is 0.220 e. The molecule has 0 atom stereocenters. The Morgan fingerprint density at radius 2 is 1.84 bits per heavy atom. The zero-order valence-corrected chi connectivity index (χ0v) is 16.2. The number of ether oxygens (including phenoxy) is 1. The zero-order chi connectivity index (χ0) is 21.7. The number of nitrogens with zero attached hydrogens (tertiary/aromatic N) is 3. The number of nitrogens with one attached hydrogen (secondary N) is 1. The average Bonchev–Trinajstić information content (AvgIpc) is 3.13. The molecule has 6 nitrogen and oxygen atoms in total. The molecule has 0 fully saturated rings. The molecule has 1 N–H and O–H groups in total. The first-order chi connectivity index (χ1) is 15.7. The first-order valence-electron chi connectivity index (χ1n) is 10.3. The van der Waals surface area contributed by atoms with E-state index in [0.717, 1.165) is 21.8 Å². The average molecular weight is 405 g/mol. The highest BCUT2D eigenvalue weighted by Gasteiger charge is 2.14. The number of para-hydroxylation sites is 1. The standard InChI is InChI=1S/C25H16N4O2/c30-22-12-14-26-19-10-11-24(28-25(19)22)31-16-8-9-18-17-5-1-2-6-20(17)29(21(18)15-16)23-7-3-4-13-27-23/h1-15H,(H,26,30)/i3D. The maximum atomic E-state index is 12.1. The van der Waals surface area contributed by atoms with Gasteiger partial charge >= 0.3 is 0 Å². The van der Waals surface area contributed by atoms with Gasteiger partial charge < -0.3 is 9.72 Å². The van der Waals surface area contributed by atoms with Gasteiger partial charge in [-0.15, -0.1) is 0 Å². The lowest BCUT2D eigenvalue weighted by Crippen LogP contribution is -2.03. The van der Waals surface area contributed by atoms with Gasteiger partial charge in [0.1, 0.15) is 17.1 Å². The Bertz CT molecular complexity index is 1700. The molecule has 148 valence electrons. The zero-order valence-electron chi connectivity index (χ0n) is 17.2. The number of hydrogen-bond donors (Lipinski definition) is 1. The van der Waals surface area contributed by atoms with Crippen LogP contribution in [-0.4, -0.2) is 19.5 Å². The number of pyridine rings is 3. The van der Waals surface area contributed by atoms with Gasteiger partial charge in [0, 0.05) is 41.4 Å². The van der Waals surface area contributed by atoms with E-state index in [2.05, 4.69) is 21.0 Å². The number of benzene rings is 2. The quantitative estimate of drug-likeness (QED) is 0.439. The van der Waals surface area contributed by atoms with E-state index in [4.69, 9.17) is 6.11 Å². The third-order valence-electron chi connectivity index (χ3n) is 5.26. The Morgan fingerprint density at radius 1 is 0.935 bits per heavy atom. The molecule has 0 aliphatic heterocycles. The number of aromatic nitrogens is 4. The first kappa shape index (κ1) is 16.4. The fourth-order valence-electron chi connectivity index (χ4n) is 3.91. The van der Waals surface area contributed by atoms with Gasteiger partial charge in [0.15, 0.2) is 0 Å². The third kappa shape index (κ3) is 2.85. The minimum Gasteiger partial charge on any atom is -0.439 e. The molecule has 2 aromatic carbocycles. The fourth-order valence-corrected chi connectivity index (χ4v) is 3.91. The molecule has 6 heteroatoms. The van der Waals surface area contributed by atoms with Crippen molar-refractivity contribution >= 4 is 32.8 Å². The molecule has 0 saturated carbocycles. The van der Waals surface area contributed by atoms with Gasteiger partial charge in [0.05, 0.1) is 17.9 Å². The second-order valence-electron chi connectivity index (χ2n) is 7.14. The summed E-state index contributed by atoms with van der Waals surface area (Å²) in [6.07, 6.45) is 3.23. The smallest absolute Gasteiger partial charge is 0.220 e. The molecule has 0 saturated heterocycles. The number of H-pyrrole nitrogens is 1. The highest BCUT2D eigenvalue weighted by atomic mass is 16.5. The van der Waals surface area contributed by atoms with Crippen molar-refractivity contribution in [3.05, 3.63) is 101 Å². The Morgan fingerprint density at radius 3 is 2.77 bits per heavy atom. The topological polar surface area (TPSA) is 72.8 Å². The van der Waals surface area contributed by atoms with E-state index in [9.17, 15) is 4.79 Å². The molecule has 0 radical (unpaired) electrons. The highest BCUT2D eigenvalue weighted by Crippen LogP contribution is 2.34. The monoisotopic (exact) mass is 405 g/mol. The SMILES string of the molecule is [2H]c1ccnc(-n2c3ccccc3c3ccc(Oc4ccc5[nH]ccc(=O)c5n4)cc32)c1. The van der Waals surface area contributed by atoms with Crippen LogP contribution in [0.3, 0.4) is 0 Å². The summed E-state index contributed by atoms with van der Waals surface area (Å²) in [5.41, 5.74) is 2.72.